The molecule has 1 saturated carbocycles. The molecular weight excluding hydrogens is 404 g/mol. The van der Waals surface area contributed by atoms with Crippen LogP contribution in [0.5, 0.6) is 0 Å². The first-order valence-electron chi connectivity index (χ1n) is 11.8. The highest BCUT2D eigenvalue weighted by Gasteiger charge is 2.43. The molecule has 172 valence electrons. The van der Waals surface area contributed by atoms with E-state index >= 15 is 0 Å². The van der Waals surface area contributed by atoms with Gasteiger partial charge < -0.3 is 8.85 Å². The summed E-state index contributed by atoms with van der Waals surface area (Å²) in [6.45, 7) is 22.6. The standard InChI is InChI=1S/C25H46O3Si2/c1-24(2,3)29(7,8)27-16-15-19-17-20(28-30(9,10)25(4,5)6)18-23(26)22-14-12-11-13-21(19)22/h15-17,19,21-22H,11-14,18H2,1-10H3/b16-15+/t19-,21-,22-/m0/s1. The molecule has 0 aliphatic heterocycles. The van der Waals surface area contributed by atoms with Crippen molar-refractivity contribution in [2.24, 2.45) is 17.8 Å². The monoisotopic (exact) mass is 450 g/mol. The molecular formula is C25H46O3Si2. The lowest BCUT2D eigenvalue weighted by atomic mass is 9.71. The second-order valence-electron chi connectivity index (χ2n) is 12.5. The highest BCUT2D eigenvalue weighted by molar-refractivity contribution is 6.74. The summed E-state index contributed by atoms with van der Waals surface area (Å²) in [5, 5.41) is 0.295. The fourth-order valence-electron chi connectivity index (χ4n) is 3.95. The molecule has 2 aliphatic carbocycles. The number of ketones is 1. The van der Waals surface area contributed by atoms with Gasteiger partial charge in [-0.1, -0.05) is 54.4 Å². The number of Topliss-reactive ketones (excluding diaryl/α,β-unsaturated/α-hetero) is 1. The van der Waals surface area contributed by atoms with Crippen LogP contribution in [-0.4, -0.2) is 22.4 Å². The zero-order valence-corrected chi connectivity index (χ0v) is 23.2. The average Bonchev–Trinajstić information content (AvgIpc) is 2.70. The first kappa shape index (κ1) is 25.4. The van der Waals surface area contributed by atoms with Crippen LogP contribution < -0.4 is 0 Å². The van der Waals surface area contributed by atoms with Gasteiger partial charge in [0.05, 0.1) is 18.4 Å². The maximum atomic E-state index is 13.2. The van der Waals surface area contributed by atoms with Crippen molar-refractivity contribution in [3.63, 3.8) is 0 Å². The van der Waals surface area contributed by atoms with Crippen LogP contribution >= 0.6 is 0 Å². The van der Waals surface area contributed by atoms with E-state index in [1.54, 1.807) is 0 Å². The lowest BCUT2D eigenvalue weighted by molar-refractivity contribution is -0.125. The van der Waals surface area contributed by atoms with Gasteiger partial charge in [-0.3, -0.25) is 4.79 Å². The number of rotatable bonds is 5. The molecule has 0 unspecified atom stereocenters. The van der Waals surface area contributed by atoms with Crippen molar-refractivity contribution in [3.8, 4) is 0 Å². The minimum Gasteiger partial charge on any atom is -0.549 e. The van der Waals surface area contributed by atoms with Gasteiger partial charge in [0, 0.05) is 11.8 Å². The molecule has 0 aromatic rings. The Balaban J connectivity index is 2.32. The molecule has 30 heavy (non-hydrogen) atoms. The number of fused-ring (bicyclic) bond motifs is 1. The minimum absolute atomic E-state index is 0.118. The number of hydrogen-bond donors (Lipinski definition) is 0. The van der Waals surface area contributed by atoms with Crippen molar-refractivity contribution in [1.29, 1.82) is 0 Å². The molecule has 0 N–H and O–H groups in total. The molecule has 0 radical (unpaired) electrons. The van der Waals surface area contributed by atoms with Crippen molar-refractivity contribution < 1.29 is 13.6 Å². The third-order valence-electron chi connectivity index (χ3n) is 8.12. The summed E-state index contributed by atoms with van der Waals surface area (Å²) in [6, 6.07) is 0. The van der Waals surface area contributed by atoms with E-state index in [0.29, 0.717) is 18.1 Å². The van der Waals surface area contributed by atoms with Gasteiger partial charge in [-0.25, -0.2) is 0 Å². The molecule has 0 heterocycles. The molecule has 5 heteroatoms. The molecule has 3 atom stereocenters. The van der Waals surface area contributed by atoms with E-state index in [-0.39, 0.29) is 21.9 Å². The van der Waals surface area contributed by atoms with Crippen molar-refractivity contribution in [2.75, 3.05) is 0 Å². The van der Waals surface area contributed by atoms with Crippen LogP contribution in [0.3, 0.4) is 0 Å². The van der Waals surface area contributed by atoms with Gasteiger partial charge in [0.2, 0.25) is 16.6 Å². The fourth-order valence-corrected chi connectivity index (χ4v) is 5.82. The Morgan fingerprint density at radius 3 is 2.07 bits per heavy atom. The average molecular weight is 451 g/mol. The van der Waals surface area contributed by atoms with Gasteiger partial charge in [0.1, 0.15) is 5.78 Å². The number of carbonyl (C=O) groups excluding carboxylic acids is 1. The van der Waals surface area contributed by atoms with Gasteiger partial charge in [0.15, 0.2) is 0 Å². The van der Waals surface area contributed by atoms with E-state index in [1.807, 2.05) is 6.26 Å². The van der Waals surface area contributed by atoms with Crippen LogP contribution in [0.2, 0.25) is 36.3 Å². The van der Waals surface area contributed by atoms with Gasteiger partial charge in [-0.15, -0.1) is 0 Å². The van der Waals surface area contributed by atoms with Crippen LogP contribution in [0, 0.1) is 17.8 Å². The van der Waals surface area contributed by atoms with Gasteiger partial charge in [0.25, 0.3) is 0 Å². The SMILES string of the molecule is CC(C)(C)[Si](C)(C)O/C=C/[C@H]1C=C(O[Si](C)(C)C(C)(C)C)CC(=O)[C@H]2CCCC[C@@H]12. The third kappa shape index (κ3) is 5.90. The second-order valence-corrected chi connectivity index (χ2v) is 22.0. The predicted octanol–water partition coefficient (Wildman–Crippen LogP) is 7.82. The van der Waals surface area contributed by atoms with Gasteiger partial charge in [-0.2, -0.15) is 0 Å². The molecule has 2 aliphatic rings. The minimum atomic E-state index is -1.98. The topological polar surface area (TPSA) is 35.5 Å². The van der Waals surface area contributed by atoms with Crippen molar-refractivity contribution >= 4 is 22.4 Å². The zero-order chi connectivity index (χ0) is 23.0. The number of allylic oxidation sites excluding steroid dienone is 3. The molecule has 0 bridgehead atoms. The Labute approximate surface area is 188 Å². The van der Waals surface area contributed by atoms with Crippen LogP contribution in [0.25, 0.3) is 0 Å². The Morgan fingerprint density at radius 2 is 1.50 bits per heavy atom. The number of hydrogen-bond acceptors (Lipinski definition) is 3. The Bertz CT molecular complexity index is 677. The van der Waals surface area contributed by atoms with Crippen molar-refractivity contribution in [2.45, 2.75) is 110 Å². The summed E-state index contributed by atoms with van der Waals surface area (Å²) in [4.78, 5) is 13.2. The van der Waals surface area contributed by atoms with Crippen LogP contribution in [-0.2, 0) is 13.6 Å². The summed E-state index contributed by atoms with van der Waals surface area (Å²) in [7, 11) is -3.82. The van der Waals surface area contributed by atoms with E-state index in [9.17, 15) is 4.79 Å². The van der Waals surface area contributed by atoms with E-state index in [0.717, 1.165) is 18.6 Å². The zero-order valence-electron chi connectivity index (χ0n) is 21.2. The Kier molecular flexibility index (Phi) is 7.61. The van der Waals surface area contributed by atoms with Gasteiger partial charge in [-0.05, 0) is 67.2 Å². The van der Waals surface area contributed by atoms with E-state index < -0.39 is 16.6 Å². The summed E-state index contributed by atoms with van der Waals surface area (Å²) in [5.74, 6) is 2.05. The molecule has 0 aromatic heterocycles. The first-order valence-corrected chi connectivity index (χ1v) is 17.6. The lowest BCUT2D eigenvalue weighted by Crippen LogP contribution is -2.40. The molecule has 0 saturated heterocycles. The van der Waals surface area contributed by atoms with E-state index in [2.05, 4.69) is 79.9 Å². The van der Waals surface area contributed by atoms with Crippen molar-refractivity contribution in [3.05, 3.63) is 24.2 Å². The maximum absolute atomic E-state index is 13.2. The highest BCUT2D eigenvalue weighted by atomic mass is 28.4. The molecule has 0 spiro atoms. The maximum Gasteiger partial charge on any atom is 0.250 e. The predicted molar refractivity (Wildman–Crippen MR) is 132 cm³/mol. The summed E-state index contributed by atoms with van der Waals surface area (Å²) < 4.78 is 13.0. The van der Waals surface area contributed by atoms with E-state index in [1.165, 1.54) is 12.8 Å². The Hall–Kier alpha value is -0.816. The Morgan fingerprint density at radius 1 is 0.933 bits per heavy atom. The molecule has 0 amide bonds. The molecule has 0 aromatic carbocycles. The fraction of sp³-hybridized carbons (Fsp3) is 0.800. The largest absolute Gasteiger partial charge is 0.549 e. The first-order chi connectivity index (χ1) is 13.6. The quantitative estimate of drug-likeness (QED) is 0.316. The summed E-state index contributed by atoms with van der Waals surface area (Å²) in [6.07, 6.45) is 11.4. The smallest absolute Gasteiger partial charge is 0.250 e. The van der Waals surface area contributed by atoms with Crippen LogP contribution in [0.15, 0.2) is 24.2 Å². The lowest BCUT2D eigenvalue weighted by Gasteiger charge is -2.37. The molecule has 2 rings (SSSR count). The van der Waals surface area contributed by atoms with E-state index in [4.69, 9.17) is 8.85 Å². The van der Waals surface area contributed by atoms with Crippen LogP contribution in [0.1, 0.15) is 73.6 Å². The van der Waals surface area contributed by atoms with Crippen LogP contribution in [0.4, 0.5) is 0 Å². The number of carbonyl (C=O) groups is 1. The third-order valence-corrected chi connectivity index (χ3v) is 16.8. The van der Waals surface area contributed by atoms with Crippen molar-refractivity contribution in [1.82, 2.24) is 0 Å². The van der Waals surface area contributed by atoms with Gasteiger partial charge >= 0.3 is 0 Å². The highest BCUT2D eigenvalue weighted by Crippen LogP contribution is 2.44. The summed E-state index contributed by atoms with van der Waals surface area (Å²) in [5.41, 5.74) is 0. The summed E-state index contributed by atoms with van der Waals surface area (Å²) >= 11 is 0. The molecule has 1 fully saturated rings. The normalized spacial score (nSPS) is 26.8. The second kappa shape index (κ2) is 8.97. The molecule has 3 nitrogen and oxygen atoms in total.